The summed E-state index contributed by atoms with van der Waals surface area (Å²) in [6.45, 7) is 2.24. The van der Waals surface area contributed by atoms with Crippen LogP contribution in [0.2, 0.25) is 0 Å². The summed E-state index contributed by atoms with van der Waals surface area (Å²) in [6, 6.07) is 16.4. The molecule has 124 valence electrons. The highest BCUT2D eigenvalue weighted by atomic mass is 16.5. The number of carbonyl (C=O) groups is 1. The molecule has 1 atom stereocenters. The number of para-hydroxylation sites is 1. The summed E-state index contributed by atoms with van der Waals surface area (Å²) < 4.78 is 16.3. The van der Waals surface area contributed by atoms with E-state index >= 15 is 0 Å². The largest absolute Gasteiger partial charge is 0.497 e. The fourth-order valence-corrected chi connectivity index (χ4v) is 2.32. The van der Waals surface area contributed by atoms with Crippen molar-refractivity contribution >= 4 is 16.9 Å². The topological polar surface area (TPSA) is 60.7 Å². The number of furan rings is 1. The van der Waals surface area contributed by atoms with Crippen LogP contribution >= 0.6 is 0 Å². The van der Waals surface area contributed by atoms with Crippen LogP contribution in [0.3, 0.4) is 0 Å². The first-order valence-corrected chi connectivity index (χ1v) is 7.72. The van der Waals surface area contributed by atoms with Crippen LogP contribution in [0.25, 0.3) is 11.0 Å². The van der Waals surface area contributed by atoms with Crippen LogP contribution in [-0.2, 0) is 0 Å². The molecule has 2 aromatic carbocycles. The van der Waals surface area contributed by atoms with Crippen molar-refractivity contribution in [1.82, 2.24) is 5.32 Å². The fraction of sp³-hybridized carbons (Fsp3) is 0.211. The summed E-state index contributed by atoms with van der Waals surface area (Å²) in [5, 5.41) is 3.77. The smallest absolute Gasteiger partial charge is 0.287 e. The van der Waals surface area contributed by atoms with Crippen molar-refractivity contribution in [2.45, 2.75) is 13.0 Å². The lowest BCUT2D eigenvalue weighted by Gasteiger charge is -2.14. The molecule has 3 rings (SSSR count). The monoisotopic (exact) mass is 325 g/mol. The van der Waals surface area contributed by atoms with Crippen LogP contribution in [0.5, 0.6) is 11.5 Å². The van der Waals surface area contributed by atoms with Crippen molar-refractivity contribution in [3.05, 3.63) is 60.4 Å². The average Bonchev–Trinajstić information content (AvgIpc) is 3.05. The lowest BCUT2D eigenvalue weighted by molar-refractivity contribution is 0.0901. The molecule has 0 aliphatic heterocycles. The summed E-state index contributed by atoms with van der Waals surface area (Å²) in [5.74, 6) is 1.54. The van der Waals surface area contributed by atoms with Crippen LogP contribution in [-0.4, -0.2) is 25.7 Å². The standard InChI is InChI=1S/C19H19NO4/c1-13(12-23-16-9-7-15(22-2)8-10-16)20-19(21)18-11-14-5-3-4-6-17(14)24-18/h3-11,13H,12H2,1-2H3,(H,20,21)/t13-/m0/s1. The molecule has 0 bridgehead atoms. The van der Waals surface area contributed by atoms with Crippen molar-refractivity contribution in [1.29, 1.82) is 0 Å². The van der Waals surface area contributed by atoms with Crippen LogP contribution in [0.15, 0.2) is 59.0 Å². The third-order valence-corrected chi connectivity index (χ3v) is 3.59. The number of methoxy groups -OCH3 is 1. The summed E-state index contributed by atoms with van der Waals surface area (Å²) >= 11 is 0. The van der Waals surface area contributed by atoms with E-state index in [1.54, 1.807) is 13.2 Å². The highest BCUT2D eigenvalue weighted by Gasteiger charge is 2.15. The molecule has 0 fully saturated rings. The highest BCUT2D eigenvalue weighted by molar-refractivity contribution is 5.96. The van der Waals surface area contributed by atoms with Gasteiger partial charge in [0.25, 0.3) is 5.91 Å². The van der Waals surface area contributed by atoms with E-state index in [1.807, 2.05) is 55.5 Å². The summed E-state index contributed by atoms with van der Waals surface area (Å²) in [4.78, 5) is 12.2. The molecule has 1 amide bonds. The summed E-state index contributed by atoms with van der Waals surface area (Å²) in [7, 11) is 1.62. The highest BCUT2D eigenvalue weighted by Crippen LogP contribution is 2.19. The van der Waals surface area contributed by atoms with Crippen LogP contribution in [0.4, 0.5) is 0 Å². The second kappa shape index (κ2) is 7.08. The number of hydrogen-bond donors (Lipinski definition) is 1. The zero-order valence-corrected chi connectivity index (χ0v) is 13.6. The van der Waals surface area contributed by atoms with Crippen LogP contribution < -0.4 is 14.8 Å². The van der Waals surface area contributed by atoms with Gasteiger partial charge < -0.3 is 19.2 Å². The lowest BCUT2D eigenvalue weighted by atomic mass is 10.2. The van der Waals surface area contributed by atoms with Gasteiger partial charge in [-0.2, -0.15) is 0 Å². The molecule has 1 heterocycles. The first kappa shape index (κ1) is 15.9. The predicted octanol–water partition coefficient (Wildman–Crippen LogP) is 3.64. The first-order chi connectivity index (χ1) is 11.7. The van der Waals surface area contributed by atoms with Gasteiger partial charge in [0, 0.05) is 5.39 Å². The van der Waals surface area contributed by atoms with E-state index in [4.69, 9.17) is 13.9 Å². The van der Waals surface area contributed by atoms with Gasteiger partial charge in [0.2, 0.25) is 0 Å². The Morgan fingerprint density at radius 3 is 2.54 bits per heavy atom. The van der Waals surface area contributed by atoms with E-state index in [0.29, 0.717) is 18.0 Å². The molecule has 5 nitrogen and oxygen atoms in total. The molecule has 0 spiro atoms. The van der Waals surface area contributed by atoms with Crippen LogP contribution in [0, 0.1) is 0 Å². The molecule has 3 aromatic rings. The molecular weight excluding hydrogens is 306 g/mol. The number of hydrogen-bond acceptors (Lipinski definition) is 4. The molecule has 0 unspecified atom stereocenters. The number of fused-ring (bicyclic) bond motifs is 1. The minimum absolute atomic E-state index is 0.159. The number of rotatable bonds is 6. The number of ether oxygens (including phenoxy) is 2. The van der Waals surface area contributed by atoms with Crippen molar-refractivity contribution in [3.8, 4) is 11.5 Å². The van der Waals surface area contributed by atoms with Gasteiger partial charge in [-0.1, -0.05) is 18.2 Å². The van der Waals surface area contributed by atoms with Gasteiger partial charge >= 0.3 is 0 Å². The Labute approximate surface area is 140 Å². The molecule has 0 saturated heterocycles. The van der Waals surface area contributed by atoms with Gasteiger partial charge in [0.1, 0.15) is 23.7 Å². The minimum Gasteiger partial charge on any atom is -0.497 e. The molecule has 0 aliphatic carbocycles. The van der Waals surface area contributed by atoms with Gasteiger partial charge in [0.15, 0.2) is 5.76 Å². The number of carbonyl (C=O) groups excluding carboxylic acids is 1. The fourth-order valence-electron chi connectivity index (χ4n) is 2.32. The zero-order chi connectivity index (χ0) is 16.9. The Kier molecular flexibility index (Phi) is 4.70. The molecule has 1 N–H and O–H groups in total. The first-order valence-electron chi connectivity index (χ1n) is 7.72. The average molecular weight is 325 g/mol. The quantitative estimate of drug-likeness (QED) is 0.751. The van der Waals surface area contributed by atoms with Crippen molar-refractivity contribution in [3.63, 3.8) is 0 Å². The molecule has 24 heavy (non-hydrogen) atoms. The van der Waals surface area contributed by atoms with E-state index < -0.39 is 0 Å². The zero-order valence-electron chi connectivity index (χ0n) is 13.6. The SMILES string of the molecule is COc1ccc(OC[C@H](C)NC(=O)c2cc3ccccc3o2)cc1. The molecule has 0 saturated carbocycles. The maximum absolute atomic E-state index is 12.2. The van der Waals surface area contributed by atoms with Crippen molar-refractivity contribution in [2.75, 3.05) is 13.7 Å². The molecule has 0 radical (unpaired) electrons. The Balaban J connectivity index is 1.55. The third kappa shape index (κ3) is 3.68. The van der Waals surface area contributed by atoms with E-state index in [9.17, 15) is 4.79 Å². The third-order valence-electron chi connectivity index (χ3n) is 3.59. The molecule has 5 heteroatoms. The van der Waals surface area contributed by atoms with E-state index in [2.05, 4.69) is 5.32 Å². The number of amides is 1. The predicted molar refractivity (Wildman–Crippen MR) is 91.6 cm³/mol. The Bertz CT molecular complexity index is 790. The van der Waals surface area contributed by atoms with E-state index in [1.165, 1.54) is 0 Å². The normalized spacial score (nSPS) is 11.9. The second-order valence-corrected chi connectivity index (χ2v) is 5.51. The lowest BCUT2D eigenvalue weighted by Crippen LogP contribution is -2.36. The molecule has 1 aromatic heterocycles. The van der Waals surface area contributed by atoms with Crippen molar-refractivity contribution < 1.29 is 18.7 Å². The Morgan fingerprint density at radius 1 is 1.12 bits per heavy atom. The van der Waals surface area contributed by atoms with Gasteiger partial charge in [-0.15, -0.1) is 0 Å². The maximum atomic E-state index is 12.2. The molecular formula is C19H19NO4. The minimum atomic E-state index is -0.253. The number of benzene rings is 2. The Hall–Kier alpha value is -2.95. The van der Waals surface area contributed by atoms with Crippen LogP contribution in [0.1, 0.15) is 17.5 Å². The summed E-state index contributed by atoms with van der Waals surface area (Å²) in [6.07, 6.45) is 0. The van der Waals surface area contributed by atoms with Gasteiger partial charge in [-0.25, -0.2) is 0 Å². The second-order valence-electron chi connectivity index (χ2n) is 5.51. The van der Waals surface area contributed by atoms with Gasteiger partial charge in [0.05, 0.1) is 13.2 Å². The maximum Gasteiger partial charge on any atom is 0.287 e. The number of nitrogens with one attached hydrogen (secondary N) is 1. The Morgan fingerprint density at radius 2 is 1.83 bits per heavy atom. The molecule has 0 aliphatic rings. The van der Waals surface area contributed by atoms with Gasteiger partial charge in [-0.3, -0.25) is 4.79 Å². The van der Waals surface area contributed by atoms with Crippen molar-refractivity contribution in [2.24, 2.45) is 0 Å². The van der Waals surface area contributed by atoms with Gasteiger partial charge in [-0.05, 0) is 43.3 Å². The van der Waals surface area contributed by atoms with E-state index in [0.717, 1.165) is 16.9 Å². The van der Waals surface area contributed by atoms with E-state index in [-0.39, 0.29) is 11.9 Å². The summed E-state index contributed by atoms with van der Waals surface area (Å²) in [5.41, 5.74) is 0.699.